The summed E-state index contributed by atoms with van der Waals surface area (Å²) in [5.41, 5.74) is 3.86. The topological polar surface area (TPSA) is 42.2 Å². The molecule has 2 aromatic rings. The van der Waals surface area contributed by atoms with E-state index in [0.717, 1.165) is 33.5 Å². The normalized spacial score (nSPS) is 10.0. The number of nitriles is 1. The van der Waals surface area contributed by atoms with E-state index < -0.39 is 0 Å². The molecule has 2 rings (SSSR count). The Morgan fingerprint density at radius 1 is 1.14 bits per heavy atom. The zero-order chi connectivity index (χ0) is 15.2. The van der Waals surface area contributed by atoms with Crippen molar-refractivity contribution in [3.63, 3.8) is 0 Å². The minimum Gasteiger partial charge on any atom is -0.497 e. The van der Waals surface area contributed by atoms with Gasteiger partial charge in [-0.3, -0.25) is 0 Å². The van der Waals surface area contributed by atoms with E-state index >= 15 is 0 Å². The van der Waals surface area contributed by atoms with Crippen LogP contribution in [0.5, 0.6) is 11.5 Å². The SMILES string of the molecule is COc1ccc(CBr)c(OCc2ccc(C#N)cc2C)c1. The van der Waals surface area contributed by atoms with Gasteiger partial charge in [0.25, 0.3) is 0 Å². The zero-order valence-electron chi connectivity index (χ0n) is 12.0. The van der Waals surface area contributed by atoms with Crippen LogP contribution in [0.4, 0.5) is 0 Å². The molecule has 0 spiro atoms. The number of hydrogen-bond donors (Lipinski definition) is 0. The Morgan fingerprint density at radius 2 is 1.90 bits per heavy atom. The zero-order valence-corrected chi connectivity index (χ0v) is 13.6. The van der Waals surface area contributed by atoms with E-state index in [1.807, 2.05) is 43.3 Å². The van der Waals surface area contributed by atoms with Crippen molar-refractivity contribution in [3.05, 3.63) is 58.7 Å². The average molecular weight is 346 g/mol. The second kappa shape index (κ2) is 7.14. The third-order valence-corrected chi connectivity index (χ3v) is 3.88. The van der Waals surface area contributed by atoms with Crippen LogP contribution in [0.3, 0.4) is 0 Å². The van der Waals surface area contributed by atoms with Crippen molar-refractivity contribution < 1.29 is 9.47 Å². The first-order valence-corrected chi connectivity index (χ1v) is 7.65. The van der Waals surface area contributed by atoms with Gasteiger partial charge in [0.1, 0.15) is 18.1 Å². The van der Waals surface area contributed by atoms with Crippen molar-refractivity contribution in [1.82, 2.24) is 0 Å². The first-order chi connectivity index (χ1) is 10.2. The number of hydrogen-bond acceptors (Lipinski definition) is 3. The van der Waals surface area contributed by atoms with E-state index in [1.165, 1.54) is 0 Å². The second-order valence-electron chi connectivity index (χ2n) is 4.65. The summed E-state index contributed by atoms with van der Waals surface area (Å²) in [5.74, 6) is 1.57. The first-order valence-electron chi connectivity index (χ1n) is 6.53. The van der Waals surface area contributed by atoms with Gasteiger partial charge in [0, 0.05) is 17.0 Å². The molecule has 3 nitrogen and oxygen atoms in total. The third kappa shape index (κ3) is 3.77. The van der Waals surface area contributed by atoms with E-state index in [1.54, 1.807) is 7.11 Å². The summed E-state index contributed by atoms with van der Waals surface area (Å²) in [4.78, 5) is 0. The monoisotopic (exact) mass is 345 g/mol. The number of halogens is 1. The van der Waals surface area contributed by atoms with E-state index in [-0.39, 0.29) is 0 Å². The number of aryl methyl sites for hydroxylation is 1. The van der Waals surface area contributed by atoms with Crippen LogP contribution in [0.2, 0.25) is 0 Å². The summed E-state index contributed by atoms with van der Waals surface area (Å²) in [6, 6.07) is 13.5. The van der Waals surface area contributed by atoms with Crippen LogP contribution >= 0.6 is 15.9 Å². The Labute approximate surface area is 133 Å². The Balaban J connectivity index is 2.18. The molecule has 21 heavy (non-hydrogen) atoms. The van der Waals surface area contributed by atoms with Gasteiger partial charge in [-0.2, -0.15) is 5.26 Å². The molecule has 0 heterocycles. The minimum absolute atomic E-state index is 0.463. The largest absolute Gasteiger partial charge is 0.497 e. The standard InChI is InChI=1S/C17H16BrNO2/c1-12-7-13(10-19)3-4-15(12)11-21-17-8-16(20-2)6-5-14(17)9-18/h3-8H,9,11H2,1-2H3. The Kier molecular flexibility index (Phi) is 5.24. The molecule has 0 bridgehead atoms. The van der Waals surface area contributed by atoms with Crippen LogP contribution in [0.15, 0.2) is 36.4 Å². The van der Waals surface area contributed by atoms with Gasteiger partial charge in [-0.15, -0.1) is 0 Å². The van der Waals surface area contributed by atoms with E-state index in [4.69, 9.17) is 14.7 Å². The van der Waals surface area contributed by atoms with Crippen molar-refractivity contribution >= 4 is 15.9 Å². The van der Waals surface area contributed by atoms with Crippen molar-refractivity contribution in [2.45, 2.75) is 18.9 Å². The smallest absolute Gasteiger partial charge is 0.127 e. The summed E-state index contributed by atoms with van der Waals surface area (Å²) in [7, 11) is 1.64. The Morgan fingerprint density at radius 3 is 2.52 bits per heavy atom. The van der Waals surface area contributed by atoms with Crippen molar-refractivity contribution in [2.75, 3.05) is 7.11 Å². The molecular weight excluding hydrogens is 330 g/mol. The van der Waals surface area contributed by atoms with Crippen LogP contribution < -0.4 is 9.47 Å². The molecule has 4 heteroatoms. The predicted molar refractivity (Wildman–Crippen MR) is 85.9 cm³/mol. The molecule has 0 saturated heterocycles. The first kappa shape index (κ1) is 15.4. The summed E-state index contributed by atoms with van der Waals surface area (Å²) in [5, 5.41) is 9.61. The summed E-state index contributed by atoms with van der Waals surface area (Å²) >= 11 is 3.46. The highest BCUT2D eigenvalue weighted by Crippen LogP contribution is 2.27. The number of rotatable bonds is 5. The molecular formula is C17H16BrNO2. The van der Waals surface area contributed by atoms with Crippen molar-refractivity contribution in [1.29, 1.82) is 5.26 Å². The van der Waals surface area contributed by atoms with Gasteiger partial charge < -0.3 is 9.47 Å². The molecule has 0 aromatic heterocycles. The highest BCUT2D eigenvalue weighted by molar-refractivity contribution is 9.08. The fourth-order valence-electron chi connectivity index (χ4n) is 1.99. The molecule has 0 saturated carbocycles. The van der Waals surface area contributed by atoms with Crippen LogP contribution in [-0.4, -0.2) is 7.11 Å². The molecule has 0 aliphatic rings. The van der Waals surface area contributed by atoms with Gasteiger partial charge in [-0.25, -0.2) is 0 Å². The molecule has 0 atom stereocenters. The predicted octanol–water partition coefficient (Wildman–Crippen LogP) is 4.35. The van der Waals surface area contributed by atoms with Crippen LogP contribution in [0.25, 0.3) is 0 Å². The fourth-order valence-corrected chi connectivity index (χ4v) is 2.45. The maximum absolute atomic E-state index is 8.89. The highest BCUT2D eigenvalue weighted by atomic mass is 79.9. The van der Waals surface area contributed by atoms with Crippen LogP contribution in [0.1, 0.15) is 22.3 Å². The van der Waals surface area contributed by atoms with E-state index in [2.05, 4.69) is 22.0 Å². The van der Waals surface area contributed by atoms with Gasteiger partial charge in [0.15, 0.2) is 0 Å². The number of alkyl halides is 1. The summed E-state index contributed by atoms with van der Waals surface area (Å²) in [6.45, 7) is 2.45. The molecule has 0 radical (unpaired) electrons. The minimum atomic E-state index is 0.463. The molecule has 2 aromatic carbocycles. The van der Waals surface area contributed by atoms with Crippen molar-refractivity contribution in [2.24, 2.45) is 0 Å². The number of methoxy groups -OCH3 is 1. The Hall–Kier alpha value is -1.99. The summed E-state index contributed by atoms with van der Waals surface area (Å²) in [6.07, 6.45) is 0. The quantitative estimate of drug-likeness (QED) is 0.756. The van der Waals surface area contributed by atoms with Gasteiger partial charge in [0.05, 0.1) is 18.7 Å². The van der Waals surface area contributed by atoms with Gasteiger partial charge in [-0.05, 0) is 36.2 Å². The van der Waals surface area contributed by atoms with E-state index in [9.17, 15) is 0 Å². The number of nitrogens with zero attached hydrogens (tertiary/aromatic N) is 1. The molecule has 0 fully saturated rings. The highest BCUT2D eigenvalue weighted by Gasteiger charge is 2.07. The van der Waals surface area contributed by atoms with Crippen molar-refractivity contribution in [3.8, 4) is 17.6 Å². The molecule has 108 valence electrons. The lowest BCUT2D eigenvalue weighted by Gasteiger charge is -2.13. The molecule has 0 N–H and O–H groups in total. The maximum Gasteiger partial charge on any atom is 0.127 e. The van der Waals surface area contributed by atoms with Gasteiger partial charge in [-0.1, -0.05) is 28.1 Å². The van der Waals surface area contributed by atoms with E-state index in [0.29, 0.717) is 12.2 Å². The average Bonchev–Trinajstić information content (AvgIpc) is 2.53. The lowest BCUT2D eigenvalue weighted by molar-refractivity contribution is 0.300. The molecule has 0 aliphatic heterocycles. The lowest BCUT2D eigenvalue weighted by Crippen LogP contribution is -2.00. The lowest BCUT2D eigenvalue weighted by atomic mass is 10.1. The second-order valence-corrected chi connectivity index (χ2v) is 5.21. The van der Waals surface area contributed by atoms with Gasteiger partial charge in [0.2, 0.25) is 0 Å². The third-order valence-electron chi connectivity index (χ3n) is 3.27. The van der Waals surface area contributed by atoms with Gasteiger partial charge >= 0.3 is 0 Å². The molecule has 0 amide bonds. The number of benzene rings is 2. The fraction of sp³-hybridized carbons (Fsp3) is 0.235. The Bertz CT molecular complexity index is 677. The molecule has 0 aliphatic carbocycles. The summed E-state index contributed by atoms with van der Waals surface area (Å²) < 4.78 is 11.1. The number of ether oxygens (including phenoxy) is 2. The maximum atomic E-state index is 8.89. The van der Waals surface area contributed by atoms with Crippen LogP contribution in [0, 0.1) is 18.3 Å². The molecule has 0 unspecified atom stereocenters. The van der Waals surface area contributed by atoms with Crippen LogP contribution in [-0.2, 0) is 11.9 Å².